The van der Waals surface area contributed by atoms with Gasteiger partial charge in [0.2, 0.25) is 0 Å². The molecule has 0 bridgehead atoms. The highest BCUT2D eigenvalue weighted by molar-refractivity contribution is 9.10. The van der Waals surface area contributed by atoms with Crippen molar-refractivity contribution in [3.63, 3.8) is 0 Å². The molecule has 3 nitrogen and oxygen atoms in total. The molecule has 1 heterocycles. The van der Waals surface area contributed by atoms with Crippen LogP contribution >= 0.6 is 27.5 Å². The summed E-state index contributed by atoms with van der Waals surface area (Å²) < 4.78 is 14.0. The van der Waals surface area contributed by atoms with Gasteiger partial charge in [0.05, 0.1) is 11.3 Å². The van der Waals surface area contributed by atoms with E-state index in [2.05, 4.69) is 26.2 Å². The number of aromatic nitrogens is 1. The predicted octanol–water partition coefficient (Wildman–Crippen LogP) is 3.89. The van der Waals surface area contributed by atoms with Crippen molar-refractivity contribution in [3.8, 4) is 0 Å². The normalized spacial score (nSPS) is 10.2. The molecule has 0 saturated heterocycles. The van der Waals surface area contributed by atoms with Crippen LogP contribution in [0.3, 0.4) is 0 Å². The molecule has 1 aromatic carbocycles. The second-order valence-corrected chi connectivity index (χ2v) is 4.61. The van der Waals surface area contributed by atoms with Crippen LogP contribution in [0.15, 0.2) is 41.1 Å². The number of anilines is 1. The van der Waals surface area contributed by atoms with Gasteiger partial charge in [-0.25, -0.2) is 9.37 Å². The lowest BCUT2D eigenvalue weighted by Crippen LogP contribution is -2.14. The first-order valence-corrected chi connectivity index (χ1v) is 6.12. The van der Waals surface area contributed by atoms with Crippen molar-refractivity contribution >= 4 is 39.1 Å². The number of hydrogen-bond donors (Lipinski definition) is 1. The van der Waals surface area contributed by atoms with Gasteiger partial charge in [0.1, 0.15) is 10.4 Å². The Labute approximate surface area is 116 Å². The van der Waals surface area contributed by atoms with Crippen molar-refractivity contribution in [1.29, 1.82) is 0 Å². The Bertz CT molecular complexity index is 606. The fraction of sp³-hybridized carbons (Fsp3) is 0. The third-order valence-corrected chi connectivity index (χ3v) is 3.05. The fourth-order valence-corrected chi connectivity index (χ4v) is 1.85. The largest absolute Gasteiger partial charge is 0.320 e. The third kappa shape index (κ3) is 2.86. The van der Waals surface area contributed by atoms with Gasteiger partial charge in [-0.05, 0) is 46.3 Å². The summed E-state index contributed by atoms with van der Waals surface area (Å²) in [5.74, 6) is -1.22. The maximum Gasteiger partial charge on any atom is 0.258 e. The first-order chi connectivity index (χ1) is 8.58. The van der Waals surface area contributed by atoms with E-state index in [4.69, 9.17) is 11.6 Å². The maximum absolute atomic E-state index is 13.5. The molecule has 0 atom stereocenters. The number of halogens is 3. The second kappa shape index (κ2) is 5.46. The summed E-state index contributed by atoms with van der Waals surface area (Å²) in [6, 6.07) is 7.20. The maximum atomic E-state index is 13.5. The van der Waals surface area contributed by atoms with Gasteiger partial charge in [-0.3, -0.25) is 4.79 Å². The highest BCUT2D eigenvalue weighted by Gasteiger charge is 2.13. The minimum absolute atomic E-state index is 0.0739. The topological polar surface area (TPSA) is 42.0 Å². The van der Waals surface area contributed by atoms with Gasteiger partial charge >= 0.3 is 0 Å². The lowest BCUT2D eigenvalue weighted by Gasteiger charge is -2.07. The summed E-state index contributed by atoms with van der Waals surface area (Å²) >= 11 is 8.80. The molecule has 1 N–H and O–H groups in total. The van der Waals surface area contributed by atoms with Crippen molar-refractivity contribution < 1.29 is 9.18 Å². The van der Waals surface area contributed by atoms with Crippen molar-refractivity contribution in [2.24, 2.45) is 0 Å². The van der Waals surface area contributed by atoms with E-state index in [1.807, 2.05) is 0 Å². The number of pyridine rings is 1. The van der Waals surface area contributed by atoms with E-state index >= 15 is 0 Å². The molecule has 1 amide bonds. The zero-order valence-electron chi connectivity index (χ0n) is 8.95. The number of carbonyl (C=O) groups excluding carboxylic acids is 1. The number of nitrogens with zero attached hydrogens (tertiary/aromatic N) is 1. The molecule has 92 valence electrons. The standard InChI is InChI=1S/C12H7BrClFN2O/c13-11-10(2-1-5-16-11)17-12(18)8-4-3-7(14)6-9(8)15/h1-6H,(H,17,18). The third-order valence-electron chi connectivity index (χ3n) is 2.18. The fourth-order valence-electron chi connectivity index (χ4n) is 1.34. The van der Waals surface area contributed by atoms with Gasteiger partial charge in [-0.2, -0.15) is 0 Å². The molecule has 1 aromatic heterocycles. The minimum Gasteiger partial charge on any atom is -0.320 e. The number of hydrogen-bond acceptors (Lipinski definition) is 2. The first kappa shape index (κ1) is 13.0. The van der Waals surface area contributed by atoms with E-state index < -0.39 is 11.7 Å². The second-order valence-electron chi connectivity index (χ2n) is 3.42. The lowest BCUT2D eigenvalue weighted by molar-refractivity contribution is 0.102. The van der Waals surface area contributed by atoms with E-state index in [0.717, 1.165) is 6.07 Å². The van der Waals surface area contributed by atoms with Gasteiger partial charge < -0.3 is 5.32 Å². The van der Waals surface area contributed by atoms with Crippen LogP contribution < -0.4 is 5.32 Å². The van der Waals surface area contributed by atoms with Gasteiger partial charge in [-0.15, -0.1) is 0 Å². The molecule has 0 radical (unpaired) electrons. The first-order valence-electron chi connectivity index (χ1n) is 4.95. The van der Waals surface area contributed by atoms with Gasteiger partial charge in [0, 0.05) is 11.2 Å². The zero-order chi connectivity index (χ0) is 13.1. The molecular formula is C12H7BrClFN2O. The van der Waals surface area contributed by atoms with Crippen LogP contribution in [0.2, 0.25) is 5.02 Å². The molecule has 6 heteroatoms. The summed E-state index contributed by atoms with van der Waals surface area (Å²) in [5, 5.41) is 2.80. The Balaban J connectivity index is 2.25. The van der Waals surface area contributed by atoms with Crippen LogP contribution in [-0.2, 0) is 0 Å². The van der Waals surface area contributed by atoms with E-state index in [9.17, 15) is 9.18 Å². The molecule has 0 aliphatic carbocycles. The van der Waals surface area contributed by atoms with Crippen molar-refractivity contribution in [1.82, 2.24) is 4.98 Å². The summed E-state index contributed by atoms with van der Waals surface area (Å²) in [6.07, 6.45) is 1.57. The van der Waals surface area contributed by atoms with Gasteiger partial charge in [0.15, 0.2) is 0 Å². The van der Waals surface area contributed by atoms with Crippen LogP contribution in [0.25, 0.3) is 0 Å². The molecule has 0 spiro atoms. The summed E-state index contributed by atoms with van der Waals surface area (Å²) in [7, 11) is 0. The van der Waals surface area contributed by atoms with E-state index in [1.165, 1.54) is 12.1 Å². The van der Waals surface area contributed by atoms with Gasteiger partial charge in [0.25, 0.3) is 5.91 Å². The molecule has 18 heavy (non-hydrogen) atoms. The van der Waals surface area contributed by atoms with Crippen LogP contribution in [0.4, 0.5) is 10.1 Å². The lowest BCUT2D eigenvalue weighted by atomic mass is 10.2. The minimum atomic E-state index is -0.667. The molecule has 0 saturated carbocycles. The van der Waals surface area contributed by atoms with Crippen LogP contribution in [0, 0.1) is 5.82 Å². The molecule has 2 rings (SSSR count). The average Bonchev–Trinajstić information content (AvgIpc) is 2.32. The highest BCUT2D eigenvalue weighted by Crippen LogP contribution is 2.20. The molecule has 2 aromatic rings. The van der Waals surface area contributed by atoms with Crippen molar-refractivity contribution in [3.05, 3.63) is 57.5 Å². The van der Waals surface area contributed by atoms with E-state index in [0.29, 0.717) is 10.3 Å². The van der Waals surface area contributed by atoms with Crippen molar-refractivity contribution in [2.45, 2.75) is 0 Å². The zero-order valence-corrected chi connectivity index (χ0v) is 11.3. The Morgan fingerprint density at radius 3 is 2.83 bits per heavy atom. The molecule has 0 aliphatic rings. The summed E-state index contributed by atoms with van der Waals surface area (Å²) in [5.41, 5.74) is 0.395. The van der Waals surface area contributed by atoms with Crippen molar-refractivity contribution in [2.75, 3.05) is 5.32 Å². The number of benzene rings is 1. The average molecular weight is 330 g/mol. The summed E-state index contributed by atoms with van der Waals surface area (Å²) in [4.78, 5) is 15.8. The SMILES string of the molecule is O=C(Nc1cccnc1Br)c1ccc(Cl)cc1F. The number of rotatable bonds is 2. The molecular weight excluding hydrogens is 322 g/mol. The van der Waals surface area contributed by atoms with Crippen LogP contribution in [-0.4, -0.2) is 10.9 Å². The molecule has 0 unspecified atom stereocenters. The quantitative estimate of drug-likeness (QED) is 0.849. The molecule has 0 fully saturated rings. The Hall–Kier alpha value is -1.46. The van der Waals surface area contributed by atoms with Crippen LogP contribution in [0.1, 0.15) is 10.4 Å². The Morgan fingerprint density at radius 1 is 1.39 bits per heavy atom. The van der Waals surface area contributed by atoms with E-state index in [1.54, 1.807) is 18.3 Å². The van der Waals surface area contributed by atoms with Gasteiger partial charge in [-0.1, -0.05) is 11.6 Å². The van der Waals surface area contributed by atoms with E-state index in [-0.39, 0.29) is 10.6 Å². The Kier molecular flexibility index (Phi) is 3.93. The summed E-state index contributed by atoms with van der Waals surface area (Å²) in [6.45, 7) is 0. The number of nitrogens with one attached hydrogen (secondary N) is 1. The smallest absolute Gasteiger partial charge is 0.258 e. The molecule has 0 aliphatic heterocycles. The Morgan fingerprint density at radius 2 is 2.17 bits per heavy atom. The monoisotopic (exact) mass is 328 g/mol. The number of amides is 1. The number of carbonyl (C=O) groups is 1. The van der Waals surface area contributed by atoms with Crippen LogP contribution in [0.5, 0.6) is 0 Å². The highest BCUT2D eigenvalue weighted by atomic mass is 79.9. The predicted molar refractivity (Wildman–Crippen MR) is 71.3 cm³/mol.